The largest absolute Gasteiger partial charge is 0.463 e. The van der Waals surface area contributed by atoms with Crippen molar-refractivity contribution < 1.29 is 13.9 Å². The molecule has 0 spiro atoms. The van der Waals surface area contributed by atoms with Gasteiger partial charge in [0.2, 0.25) is 0 Å². The predicted octanol–water partition coefficient (Wildman–Crippen LogP) is 4.65. The average Bonchev–Trinajstić information content (AvgIpc) is 3.22. The molecular weight excluding hydrogens is 431 g/mol. The second-order valence-corrected chi connectivity index (χ2v) is 7.70. The second kappa shape index (κ2) is 9.36. The zero-order valence-corrected chi connectivity index (χ0v) is 18.4. The molecule has 8 heteroatoms. The fourth-order valence-electron chi connectivity index (χ4n) is 3.65. The molecule has 164 valence electrons. The number of esters is 1. The van der Waals surface area contributed by atoms with Gasteiger partial charge in [-0.25, -0.2) is 14.2 Å². The van der Waals surface area contributed by atoms with E-state index in [1.54, 1.807) is 20.0 Å². The number of nitrogens with zero attached hydrogens (tertiary/aromatic N) is 3. The van der Waals surface area contributed by atoms with Crippen molar-refractivity contribution in [1.82, 2.24) is 14.9 Å². The quantitative estimate of drug-likeness (QED) is 0.553. The molecule has 1 atom stereocenters. The molecular formula is C24H22ClFN4O2. The Labute approximate surface area is 190 Å². The SMILES string of the molecule is CCOC(=O)C1=C(C)NC(c2nccn2Cc2ccccc2)=NC1c1ccc(F)cc1Cl. The molecule has 0 bridgehead atoms. The van der Waals surface area contributed by atoms with Crippen LogP contribution < -0.4 is 5.32 Å². The van der Waals surface area contributed by atoms with Gasteiger partial charge in [-0.1, -0.05) is 48.0 Å². The summed E-state index contributed by atoms with van der Waals surface area (Å²) >= 11 is 6.34. The monoisotopic (exact) mass is 452 g/mol. The first-order valence-electron chi connectivity index (χ1n) is 10.2. The number of aromatic nitrogens is 2. The van der Waals surface area contributed by atoms with Gasteiger partial charge < -0.3 is 14.6 Å². The molecule has 1 aliphatic heterocycles. The minimum Gasteiger partial charge on any atom is -0.463 e. The van der Waals surface area contributed by atoms with Crippen molar-refractivity contribution in [3.05, 3.63) is 100.0 Å². The summed E-state index contributed by atoms with van der Waals surface area (Å²) in [7, 11) is 0. The number of imidazole rings is 1. The molecule has 0 amide bonds. The first kappa shape index (κ1) is 21.8. The van der Waals surface area contributed by atoms with E-state index in [0.29, 0.717) is 35.0 Å². The average molecular weight is 453 g/mol. The molecule has 1 N–H and O–H groups in total. The van der Waals surface area contributed by atoms with Gasteiger partial charge in [0, 0.05) is 35.2 Å². The summed E-state index contributed by atoms with van der Waals surface area (Å²) in [6.07, 6.45) is 3.56. The van der Waals surface area contributed by atoms with Crippen molar-refractivity contribution >= 4 is 23.4 Å². The third kappa shape index (κ3) is 4.43. The molecule has 2 heterocycles. The number of hydrogen-bond acceptors (Lipinski definition) is 5. The number of rotatable bonds is 6. The van der Waals surface area contributed by atoms with Crippen LogP contribution in [-0.2, 0) is 16.1 Å². The lowest BCUT2D eigenvalue weighted by atomic mass is 9.96. The standard InChI is InChI=1S/C24H22ClFN4O2/c1-3-32-24(31)20-15(2)28-22(29-21(20)18-10-9-17(26)13-19(18)25)23-27-11-12-30(23)14-16-7-5-4-6-8-16/h4-13,21H,3,14H2,1-2H3,(H,28,29). The number of nitrogens with one attached hydrogen (secondary N) is 1. The van der Waals surface area contributed by atoms with Gasteiger partial charge in [-0.2, -0.15) is 0 Å². The van der Waals surface area contributed by atoms with Crippen LogP contribution in [0.15, 0.2) is 77.2 Å². The summed E-state index contributed by atoms with van der Waals surface area (Å²) in [5.74, 6) is 0.133. The molecule has 4 rings (SSSR count). The summed E-state index contributed by atoms with van der Waals surface area (Å²) in [6, 6.07) is 13.3. The van der Waals surface area contributed by atoms with E-state index in [0.717, 1.165) is 5.56 Å². The first-order valence-corrected chi connectivity index (χ1v) is 10.6. The zero-order valence-electron chi connectivity index (χ0n) is 17.7. The van der Waals surface area contributed by atoms with Crippen LogP contribution in [0, 0.1) is 5.82 Å². The molecule has 0 saturated carbocycles. The number of aliphatic imine (C=N–C) groups is 1. The highest BCUT2D eigenvalue weighted by atomic mass is 35.5. The van der Waals surface area contributed by atoms with E-state index in [-0.39, 0.29) is 11.6 Å². The van der Waals surface area contributed by atoms with E-state index in [1.807, 2.05) is 41.1 Å². The van der Waals surface area contributed by atoms with Gasteiger partial charge in [0.15, 0.2) is 11.7 Å². The van der Waals surface area contributed by atoms with Crippen LogP contribution in [0.3, 0.4) is 0 Å². The van der Waals surface area contributed by atoms with Crippen LogP contribution in [0.5, 0.6) is 0 Å². The fourth-order valence-corrected chi connectivity index (χ4v) is 3.92. The van der Waals surface area contributed by atoms with Crippen molar-refractivity contribution in [2.24, 2.45) is 4.99 Å². The van der Waals surface area contributed by atoms with Crippen LogP contribution in [0.25, 0.3) is 0 Å². The first-order chi connectivity index (χ1) is 15.5. The van der Waals surface area contributed by atoms with Gasteiger partial charge in [0.05, 0.1) is 12.2 Å². The lowest BCUT2D eigenvalue weighted by molar-refractivity contribution is -0.138. The smallest absolute Gasteiger partial charge is 0.338 e. The van der Waals surface area contributed by atoms with Crippen molar-refractivity contribution in [2.45, 2.75) is 26.4 Å². The Balaban J connectivity index is 1.77. The number of ether oxygens (including phenoxy) is 1. The van der Waals surface area contributed by atoms with Crippen LogP contribution in [0.2, 0.25) is 5.02 Å². The highest BCUT2D eigenvalue weighted by Crippen LogP contribution is 2.36. The van der Waals surface area contributed by atoms with Gasteiger partial charge >= 0.3 is 5.97 Å². The maximum absolute atomic E-state index is 13.7. The van der Waals surface area contributed by atoms with Gasteiger partial charge in [-0.15, -0.1) is 0 Å². The lowest BCUT2D eigenvalue weighted by Crippen LogP contribution is -2.34. The third-order valence-electron chi connectivity index (χ3n) is 5.12. The molecule has 1 aromatic heterocycles. The summed E-state index contributed by atoms with van der Waals surface area (Å²) < 4.78 is 20.9. The van der Waals surface area contributed by atoms with Crippen LogP contribution >= 0.6 is 11.6 Å². The summed E-state index contributed by atoms with van der Waals surface area (Å²) in [5.41, 5.74) is 2.52. The van der Waals surface area contributed by atoms with Crippen molar-refractivity contribution in [2.75, 3.05) is 6.61 Å². The number of carbonyl (C=O) groups excluding carboxylic acids is 1. The van der Waals surface area contributed by atoms with Crippen molar-refractivity contribution in [1.29, 1.82) is 0 Å². The van der Waals surface area contributed by atoms with Gasteiger partial charge in [0.25, 0.3) is 0 Å². The molecule has 6 nitrogen and oxygen atoms in total. The van der Waals surface area contributed by atoms with E-state index in [9.17, 15) is 9.18 Å². The molecule has 3 aromatic rings. The normalized spacial score (nSPS) is 15.9. The van der Waals surface area contributed by atoms with E-state index >= 15 is 0 Å². The van der Waals surface area contributed by atoms with Gasteiger partial charge in [-0.3, -0.25) is 4.99 Å². The van der Waals surface area contributed by atoms with E-state index in [2.05, 4.69) is 10.3 Å². The maximum atomic E-state index is 13.7. The third-order valence-corrected chi connectivity index (χ3v) is 5.44. The number of hydrogen-bond donors (Lipinski definition) is 1. The molecule has 1 aliphatic rings. The number of allylic oxidation sites excluding steroid dienone is 1. The molecule has 0 saturated heterocycles. The molecule has 2 aromatic carbocycles. The summed E-state index contributed by atoms with van der Waals surface area (Å²) in [6.45, 7) is 4.33. The second-order valence-electron chi connectivity index (χ2n) is 7.29. The highest BCUT2D eigenvalue weighted by molar-refractivity contribution is 6.31. The van der Waals surface area contributed by atoms with E-state index in [1.165, 1.54) is 18.2 Å². The van der Waals surface area contributed by atoms with E-state index < -0.39 is 17.8 Å². The molecule has 32 heavy (non-hydrogen) atoms. The Morgan fingerprint density at radius 1 is 1.25 bits per heavy atom. The summed E-state index contributed by atoms with van der Waals surface area (Å²) in [4.78, 5) is 22.0. The Kier molecular flexibility index (Phi) is 6.37. The molecule has 0 fully saturated rings. The fraction of sp³-hybridized carbons (Fsp3) is 0.208. The number of halogens is 2. The molecule has 0 aliphatic carbocycles. The Morgan fingerprint density at radius 2 is 2.03 bits per heavy atom. The number of amidine groups is 1. The van der Waals surface area contributed by atoms with Gasteiger partial charge in [0.1, 0.15) is 11.9 Å². The molecule has 1 unspecified atom stereocenters. The highest BCUT2D eigenvalue weighted by Gasteiger charge is 2.33. The summed E-state index contributed by atoms with van der Waals surface area (Å²) in [5, 5.41) is 3.38. The van der Waals surface area contributed by atoms with Crippen molar-refractivity contribution in [3.8, 4) is 0 Å². The minimum atomic E-state index is -0.764. The predicted molar refractivity (Wildman–Crippen MR) is 121 cm³/mol. The topological polar surface area (TPSA) is 68.5 Å². The van der Waals surface area contributed by atoms with Crippen LogP contribution in [-0.4, -0.2) is 28.0 Å². The number of carbonyl (C=O) groups is 1. The minimum absolute atomic E-state index is 0.183. The zero-order chi connectivity index (χ0) is 22.7. The van der Waals surface area contributed by atoms with Crippen molar-refractivity contribution in [3.63, 3.8) is 0 Å². The van der Waals surface area contributed by atoms with Crippen LogP contribution in [0.1, 0.15) is 36.8 Å². The Morgan fingerprint density at radius 3 is 2.75 bits per heavy atom. The maximum Gasteiger partial charge on any atom is 0.338 e. The Hall–Kier alpha value is -3.45. The van der Waals surface area contributed by atoms with Crippen LogP contribution in [0.4, 0.5) is 4.39 Å². The number of benzene rings is 2. The Bertz CT molecular complexity index is 1200. The lowest BCUT2D eigenvalue weighted by Gasteiger charge is -2.26. The van der Waals surface area contributed by atoms with E-state index in [4.69, 9.17) is 21.3 Å². The molecule has 0 radical (unpaired) electrons. The van der Waals surface area contributed by atoms with Gasteiger partial charge in [-0.05, 0) is 31.5 Å².